The third kappa shape index (κ3) is 4.95. The number of aryl methyl sites for hydroxylation is 2. The summed E-state index contributed by atoms with van der Waals surface area (Å²) >= 11 is 0. The smallest absolute Gasteiger partial charge is 0.159 e. The van der Waals surface area contributed by atoms with E-state index in [0.29, 0.717) is 0 Å². The first-order valence-corrected chi connectivity index (χ1v) is 16.8. The Morgan fingerprint density at radius 2 is 0.882 bits per heavy atom. The molecule has 10 rings (SSSR count). The summed E-state index contributed by atoms with van der Waals surface area (Å²) < 4.78 is 4.20. The van der Waals surface area contributed by atoms with Crippen LogP contribution in [0, 0.1) is 0 Å². The second-order valence-corrected chi connectivity index (χ2v) is 12.8. The Balaban J connectivity index is 0.934. The van der Waals surface area contributed by atoms with Crippen LogP contribution in [0.15, 0.2) is 121 Å². The number of benzene rings is 4. The van der Waals surface area contributed by atoms with Crippen LogP contribution in [-0.4, -0.2) is 49.0 Å². The molecule has 0 fully saturated rings. The number of aromatic nitrogens is 10. The van der Waals surface area contributed by atoms with Crippen molar-refractivity contribution in [2.24, 2.45) is 14.1 Å². The maximum Gasteiger partial charge on any atom is 0.159 e. The average molecular weight is 663 g/mol. The number of H-pyrrole nitrogens is 2. The molecule has 2 N–H and O–H groups in total. The van der Waals surface area contributed by atoms with Gasteiger partial charge in [0.05, 0.1) is 44.1 Å². The first-order chi connectivity index (χ1) is 25.0. The molecule has 0 radical (unpaired) electrons. The number of rotatable bonds is 6. The van der Waals surface area contributed by atoms with E-state index in [0.717, 1.165) is 96.6 Å². The van der Waals surface area contributed by atoms with E-state index in [1.807, 2.05) is 99.0 Å². The molecule has 0 aliphatic carbocycles. The number of aromatic amines is 2. The molecule has 4 aromatic carbocycles. The van der Waals surface area contributed by atoms with E-state index in [-0.39, 0.29) is 0 Å². The minimum atomic E-state index is 0.739. The van der Waals surface area contributed by atoms with Crippen molar-refractivity contribution in [2.75, 3.05) is 0 Å². The van der Waals surface area contributed by atoms with Gasteiger partial charge in [0.25, 0.3) is 0 Å². The van der Waals surface area contributed by atoms with Crippen LogP contribution in [-0.2, 0) is 20.5 Å². The molecule has 0 atom stereocenters. The fourth-order valence-electron chi connectivity index (χ4n) is 6.94. The van der Waals surface area contributed by atoms with Crippen LogP contribution in [0.4, 0.5) is 0 Å². The SMILES string of the molecule is Cn1c(-c2cccc(-c3nc4ccccc4[nH]3)n2)nc2cc(Cc3ccc4c(c3)nc(-c3cccc(-c5nc6ccccc6[nH]5)n3)n4C)ccc21. The first kappa shape index (κ1) is 29.0. The van der Waals surface area contributed by atoms with Gasteiger partial charge >= 0.3 is 0 Å². The standard InChI is InChI=1S/C41H30N10/c1-50-36-19-17-24(22-34(36)48-40(50)32-15-7-13-30(42-32)38-44-26-9-3-4-10-27(26)45-38)21-25-18-20-37-35(23-25)49-41(51(37)2)33-16-8-14-31(43-33)39-46-28-11-5-6-12-29(28)47-39/h3-20,22-23H,21H2,1-2H3,(H,44,45)(H,46,47). The highest BCUT2D eigenvalue weighted by Crippen LogP contribution is 2.29. The van der Waals surface area contributed by atoms with Crippen molar-refractivity contribution in [1.29, 1.82) is 0 Å². The van der Waals surface area contributed by atoms with Crippen LogP contribution in [0.2, 0.25) is 0 Å². The molecule has 0 amide bonds. The Morgan fingerprint density at radius 3 is 1.35 bits per heavy atom. The van der Waals surface area contributed by atoms with Gasteiger partial charge in [0.2, 0.25) is 0 Å². The molecule has 0 unspecified atom stereocenters. The summed E-state index contributed by atoms with van der Waals surface area (Å²) in [4.78, 5) is 36.2. The predicted molar refractivity (Wildman–Crippen MR) is 201 cm³/mol. The largest absolute Gasteiger partial charge is 0.337 e. The van der Waals surface area contributed by atoms with Gasteiger partial charge in [-0.25, -0.2) is 29.9 Å². The van der Waals surface area contributed by atoms with Crippen molar-refractivity contribution in [3.8, 4) is 46.1 Å². The fraction of sp³-hybridized carbons (Fsp3) is 0.0732. The Kier molecular flexibility index (Phi) is 6.44. The van der Waals surface area contributed by atoms with Crippen LogP contribution < -0.4 is 0 Å². The molecule has 10 nitrogen and oxygen atoms in total. The zero-order valence-corrected chi connectivity index (χ0v) is 27.8. The highest BCUT2D eigenvalue weighted by molar-refractivity contribution is 5.84. The topological polar surface area (TPSA) is 119 Å². The summed E-state index contributed by atoms with van der Waals surface area (Å²) in [5.41, 5.74) is 13.2. The van der Waals surface area contributed by atoms with Gasteiger partial charge in [0.1, 0.15) is 22.8 Å². The molecule has 0 aliphatic heterocycles. The Morgan fingerprint density at radius 1 is 0.431 bits per heavy atom. The van der Waals surface area contributed by atoms with Gasteiger partial charge in [-0.3, -0.25) is 0 Å². The average Bonchev–Trinajstić information content (AvgIpc) is 3.95. The summed E-state index contributed by atoms with van der Waals surface area (Å²) in [6, 6.07) is 40.9. The summed E-state index contributed by atoms with van der Waals surface area (Å²) in [6.45, 7) is 0. The Hall–Kier alpha value is -6.94. The van der Waals surface area contributed by atoms with Gasteiger partial charge in [-0.1, -0.05) is 48.5 Å². The molecular weight excluding hydrogens is 633 g/mol. The van der Waals surface area contributed by atoms with Crippen molar-refractivity contribution in [1.82, 2.24) is 49.0 Å². The molecule has 10 heteroatoms. The Labute approximate surface area is 291 Å². The number of hydrogen-bond acceptors (Lipinski definition) is 6. The van der Waals surface area contributed by atoms with Crippen molar-refractivity contribution in [3.05, 3.63) is 132 Å². The quantitative estimate of drug-likeness (QED) is 0.185. The van der Waals surface area contributed by atoms with Gasteiger partial charge in [-0.2, -0.15) is 0 Å². The Bertz CT molecular complexity index is 2680. The second-order valence-electron chi connectivity index (χ2n) is 12.8. The molecule has 6 heterocycles. The number of hydrogen-bond donors (Lipinski definition) is 2. The lowest BCUT2D eigenvalue weighted by molar-refractivity contribution is 0.950. The summed E-state index contributed by atoms with van der Waals surface area (Å²) in [7, 11) is 4.07. The van der Waals surface area contributed by atoms with E-state index in [1.165, 1.54) is 11.1 Å². The highest BCUT2D eigenvalue weighted by Gasteiger charge is 2.16. The lowest BCUT2D eigenvalue weighted by Gasteiger charge is -2.05. The van der Waals surface area contributed by atoms with Crippen molar-refractivity contribution in [3.63, 3.8) is 0 Å². The number of fused-ring (bicyclic) bond motifs is 4. The third-order valence-corrected chi connectivity index (χ3v) is 9.52. The molecule has 244 valence electrons. The van der Waals surface area contributed by atoms with Gasteiger partial charge in [0, 0.05) is 14.1 Å². The molecule has 0 bridgehead atoms. The molecule has 0 spiro atoms. The van der Waals surface area contributed by atoms with Crippen molar-refractivity contribution in [2.45, 2.75) is 6.42 Å². The summed E-state index contributed by atoms with van der Waals surface area (Å²) in [6.07, 6.45) is 0.753. The van der Waals surface area contributed by atoms with E-state index in [4.69, 9.17) is 29.9 Å². The molecule has 51 heavy (non-hydrogen) atoms. The first-order valence-electron chi connectivity index (χ1n) is 16.8. The lowest BCUT2D eigenvalue weighted by atomic mass is 10.0. The van der Waals surface area contributed by atoms with Crippen LogP contribution >= 0.6 is 0 Å². The summed E-state index contributed by atoms with van der Waals surface area (Å²) in [5, 5.41) is 0. The molecule has 10 aromatic rings. The van der Waals surface area contributed by atoms with Gasteiger partial charge < -0.3 is 19.1 Å². The minimum absolute atomic E-state index is 0.739. The third-order valence-electron chi connectivity index (χ3n) is 9.52. The molecule has 6 aromatic heterocycles. The van der Waals surface area contributed by atoms with E-state index in [1.54, 1.807) is 0 Å². The second kappa shape index (κ2) is 11.3. The number of imidazole rings is 4. The maximum atomic E-state index is 5.04. The minimum Gasteiger partial charge on any atom is -0.337 e. The fourth-order valence-corrected chi connectivity index (χ4v) is 6.94. The maximum absolute atomic E-state index is 5.04. The number of para-hydroxylation sites is 4. The highest BCUT2D eigenvalue weighted by atomic mass is 15.1. The summed E-state index contributed by atoms with van der Waals surface area (Å²) in [5.74, 6) is 3.09. The van der Waals surface area contributed by atoms with Crippen LogP contribution in [0.3, 0.4) is 0 Å². The van der Waals surface area contributed by atoms with Crippen LogP contribution in [0.25, 0.3) is 90.2 Å². The molecule has 0 saturated carbocycles. The lowest BCUT2D eigenvalue weighted by Crippen LogP contribution is -1.96. The normalized spacial score (nSPS) is 11.8. The zero-order valence-electron chi connectivity index (χ0n) is 27.8. The van der Waals surface area contributed by atoms with E-state index in [2.05, 4.69) is 55.5 Å². The zero-order chi connectivity index (χ0) is 34.1. The van der Waals surface area contributed by atoms with Gasteiger partial charge in [-0.05, 0) is 90.3 Å². The number of pyridine rings is 2. The number of nitrogens with zero attached hydrogens (tertiary/aromatic N) is 8. The van der Waals surface area contributed by atoms with Crippen molar-refractivity contribution < 1.29 is 0 Å². The number of nitrogens with one attached hydrogen (secondary N) is 2. The van der Waals surface area contributed by atoms with Crippen molar-refractivity contribution >= 4 is 44.1 Å². The van der Waals surface area contributed by atoms with Crippen LogP contribution in [0.5, 0.6) is 0 Å². The van der Waals surface area contributed by atoms with Gasteiger partial charge in [0.15, 0.2) is 23.3 Å². The molecule has 0 aliphatic rings. The monoisotopic (exact) mass is 662 g/mol. The van der Waals surface area contributed by atoms with Gasteiger partial charge in [-0.15, -0.1) is 0 Å². The van der Waals surface area contributed by atoms with Crippen LogP contribution in [0.1, 0.15) is 11.1 Å². The van der Waals surface area contributed by atoms with E-state index >= 15 is 0 Å². The van der Waals surface area contributed by atoms with E-state index < -0.39 is 0 Å². The predicted octanol–water partition coefficient (Wildman–Crippen LogP) is 8.26. The molecular formula is C41H30N10. The molecule has 0 saturated heterocycles. The van der Waals surface area contributed by atoms with E-state index in [9.17, 15) is 0 Å².